The molecule has 1 N–H and O–H groups in total. The molecular weight excluding hydrogens is 923 g/mol. The molecule has 0 atom stereocenters. The van der Waals surface area contributed by atoms with Gasteiger partial charge in [-0.1, -0.05) is 11.8 Å². The van der Waals surface area contributed by atoms with Crippen LogP contribution in [0.2, 0.25) is 0 Å². The van der Waals surface area contributed by atoms with E-state index in [-0.39, 0.29) is 122 Å². The van der Waals surface area contributed by atoms with Gasteiger partial charge in [0, 0.05) is 59.9 Å². The van der Waals surface area contributed by atoms with Crippen molar-refractivity contribution in [2.45, 2.75) is 40.8 Å². The minimum Gasteiger partial charge on any atom is -1.00 e. The molecule has 2 heterocycles. The monoisotopic (exact) mass is 968 g/mol. The summed E-state index contributed by atoms with van der Waals surface area (Å²) in [5.41, 5.74) is 6.69. The molecule has 6 aromatic rings. The summed E-state index contributed by atoms with van der Waals surface area (Å²) in [6.07, 6.45) is 0. The number of nitrogens with zero attached hydrogens (tertiary/aromatic N) is 5. The molecule has 6 rings (SSSR count). The fourth-order valence-electron chi connectivity index (χ4n) is 6.30. The van der Waals surface area contributed by atoms with Gasteiger partial charge in [0.2, 0.25) is 20.0 Å². The van der Waals surface area contributed by atoms with Gasteiger partial charge in [-0.15, -0.1) is 0 Å². The number of carbonyl (C=O) groups excluding carboxylic acids is 1. The quantitative estimate of drug-likeness (QED) is 0.0601. The van der Waals surface area contributed by atoms with Crippen molar-refractivity contribution in [3.05, 3.63) is 119 Å². The molecule has 0 bridgehead atoms. The summed E-state index contributed by atoms with van der Waals surface area (Å²) in [6.45, 7) is 8.34. The van der Waals surface area contributed by atoms with E-state index in [2.05, 4.69) is 45.4 Å². The van der Waals surface area contributed by atoms with E-state index in [0.717, 1.165) is 44.4 Å². The molecule has 19 heteroatoms. The number of methoxy groups -OCH3 is 2. The summed E-state index contributed by atoms with van der Waals surface area (Å²) in [5, 5.41) is 29.5. The molecule has 65 heavy (non-hydrogen) atoms. The summed E-state index contributed by atoms with van der Waals surface area (Å²) in [5.74, 6) is 13.9. The average Bonchev–Trinajstić information content (AvgIpc) is 3.79. The molecule has 328 valence electrons. The van der Waals surface area contributed by atoms with Gasteiger partial charge in [0.15, 0.2) is 0 Å². The number of hydrogen-bond acceptors (Lipinski definition) is 11. The van der Waals surface area contributed by atoms with Crippen molar-refractivity contribution in [3.63, 3.8) is 0 Å². The molecule has 0 saturated carbocycles. The fraction of sp³-hybridized carbons (Fsp3) is 0.239. The van der Waals surface area contributed by atoms with E-state index >= 15 is 0 Å². The second kappa shape index (κ2) is 26.9. The van der Waals surface area contributed by atoms with Gasteiger partial charge in [0.1, 0.15) is 35.0 Å². The van der Waals surface area contributed by atoms with E-state index in [4.69, 9.17) is 19.5 Å². The fourth-order valence-corrected chi connectivity index (χ4v) is 7.77. The van der Waals surface area contributed by atoms with Crippen molar-refractivity contribution >= 4 is 59.7 Å². The number of nitrogens with one attached hydrogen (secondary N) is 1. The van der Waals surface area contributed by atoms with Gasteiger partial charge >= 0.3 is 103 Å². The number of anilines is 2. The first-order valence-electron chi connectivity index (χ1n) is 19.3. The van der Waals surface area contributed by atoms with Crippen LogP contribution in [-0.4, -0.2) is 65.2 Å². The zero-order valence-electron chi connectivity index (χ0n) is 38.7. The van der Waals surface area contributed by atoms with Crippen LogP contribution in [0.5, 0.6) is 11.5 Å². The van der Waals surface area contributed by atoms with Crippen molar-refractivity contribution < 1.29 is 145 Å². The van der Waals surface area contributed by atoms with Gasteiger partial charge in [-0.3, -0.25) is 13.8 Å². The predicted octanol–water partition coefficient (Wildman–Crippen LogP) is -0.0147. The Morgan fingerprint density at radius 1 is 0.692 bits per heavy atom. The standard InChI is InChI=1S/C23H23N3O3S.C22H21N3O3S.CH2O3.2K.H/c1-5-26-22(21(16-24)20-13-12-19(29-4)15-23(20)26)14-9-17-7-10-18(11-8-17)25(3)30(27,28)6-2;1-4-25-21(20(15-23)19-12-11-18(28-3)14-22(19)25)13-8-16-6-9-17(10-7-16)24-29(26,27)5-2;2-1-4-3;;;/h7-8,10-13,15H,5-6H2,1-4H3;6-7,9-12,14,24H,4-5H2,1-3H3;1,3H;;;/q;;;2*+1;-1/p-1. The Balaban J connectivity index is 0.000000586. The topological polar surface area (TPSA) is 209 Å². The van der Waals surface area contributed by atoms with Crippen LogP contribution in [0.3, 0.4) is 0 Å². The Morgan fingerprint density at radius 2 is 1.11 bits per heavy atom. The van der Waals surface area contributed by atoms with Gasteiger partial charge in [0.25, 0.3) is 6.47 Å². The van der Waals surface area contributed by atoms with Gasteiger partial charge in [-0.25, -0.2) is 16.8 Å². The number of aromatic nitrogens is 2. The molecule has 0 saturated heterocycles. The molecule has 4 aromatic carbocycles. The summed E-state index contributed by atoms with van der Waals surface area (Å²) in [7, 11) is -1.87. The SMILES string of the molecule is CCn1c(C#Cc2ccc(N(C)S(=O)(=O)CC)cc2)c(C#N)c2ccc(OC)cc21.CCn1c(C#Cc2ccc(NS(=O)(=O)CC)cc2)c(C#N)c2ccc(OC)cc21.O=CO[O-].[H-].[K+].[K+]. The van der Waals surface area contributed by atoms with Crippen molar-refractivity contribution in [1.29, 1.82) is 10.5 Å². The van der Waals surface area contributed by atoms with Crippen LogP contribution < -0.4 is 127 Å². The van der Waals surface area contributed by atoms with Gasteiger partial charge in [0.05, 0.1) is 53.6 Å². The van der Waals surface area contributed by atoms with Crippen molar-refractivity contribution in [3.8, 4) is 47.3 Å². The molecule has 0 spiro atoms. The molecular formula is C46H46K2N6O9S2. The van der Waals surface area contributed by atoms with E-state index in [0.29, 0.717) is 47.0 Å². The summed E-state index contributed by atoms with van der Waals surface area (Å²) >= 11 is 0. The van der Waals surface area contributed by atoms with E-state index < -0.39 is 20.0 Å². The molecule has 0 aliphatic rings. The van der Waals surface area contributed by atoms with Crippen LogP contribution in [-0.2, 0) is 42.8 Å². The number of aryl methyl sites for hydroxylation is 2. The Labute approximate surface area is 467 Å². The molecule has 0 aliphatic carbocycles. The van der Waals surface area contributed by atoms with E-state index in [1.165, 1.54) is 11.4 Å². The smallest absolute Gasteiger partial charge is 1.00 e. The second-order valence-electron chi connectivity index (χ2n) is 13.1. The normalized spacial score (nSPS) is 10.2. The number of fused-ring (bicyclic) bond motifs is 2. The number of ether oxygens (including phenoxy) is 2. The second-order valence-corrected chi connectivity index (χ2v) is 17.4. The average molecular weight is 969 g/mol. The van der Waals surface area contributed by atoms with Gasteiger partial charge in [-0.05, 0) is 112 Å². The number of sulfonamides is 2. The van der Waals surface area contributed by atoms with Crippen LogP contribution in [0.25, 0.3) is 21.8 Å². The number of benzene rings is 4. The third-order valence-electron chi connectivity index (χ3n) is 9.64. The van der Waals surface area contributed by atoms with Crippen LogP contribution in [0.4, 0.5) is 11.4 Å². The largest absolute Gasteiger partial charge is 1.00 e. The Kier molecular flexibility index (Phi) is 23.6. The summed E-state index contributed by atoms with van der Waals surface area (Å²) < 4.78 is 65.7. The van der Waals surface area contributed by atoms with Crippen LogP contribution in [0.1, 0.15) is 62.8 Å². The first kappa shape index (κ1) is 57.0. The van der Waals surface area contributed by atoms with Crippen molar-refractivity contribution in [2.75, 3.05) is 41.8 Å². The van der Waals surface area contributed by atoms with Gasteiger partial charge in [-0.2, -0.15) is 10.5 Å². The van der Waals surface area contributed by atoms with E-state index in [1.54, 1.807) is 76.6 Å². The zero-order chi connectivity index (χ0) is 46.3. The third kappa shape index (κ3) is 14.4. The van der Waals surface area contributed by atoms with Crippen LogP contribution in [0.15, 0.2) is 84.9 Å². The Morgan fingerprint density at radius 3 is 1.45 bits per heavy atom. The maximum Gasteiger partial charge on any atom is 1.00 e. The first-order chi connectivity index (χ1) is 30.2. The van der Waals surface area contributed by atoms with Crippen molar-refractivity contribution in [2.24, 2.45) is 0 Å². The molecule has 0 unspecified atom stereocenters. The first-order valence-corrected chi connectivity index (χ1v) is 22.6. The number of hydrogen-bond donors (Lipinski definition) is 1. The molecule has 0 aliphatic heterocycles. The predicted molar refractivity (Wildman–Crippen MR) is 242 cm³/mol. The third-order valence-corrected chi connectivity index (χ3v) is 12.7. The minimum absolute atomic E-state index is 0. The number of carbonyl (C=O) groups is 1. The minimum atomic E-state index is -3.31. The van der Waals surface area contributed by atoms with Crippen LogP contribution in [0, 0.1) is 46.3 Å². The maximum atomic E-state index is 12.0. The molecule has 15 nitrogen and oxygen atoms in total. The van der Waals surface area contributed by atoms with E-state index in [1.807, 2.05) is 59.4 Å². The summed E-state index contributed by atoms with van der Waals surface area (Å²) in [6, 6.07) is 29.6. The molecule has 0 radical (unpaired) electrons. The molecule has 0 fully saturated rings. The Bertz CT molecular complexity index is 3050. The van der Waals surface area contributed by atoms with Crippen molar-refractivity contribution in [1.82, 2.24) is 9.13 Å². The summed E-state index contributed by atoms with van der Waals surface area (Å²) in [4.78, 5) is 11.2. The number of nitriles is 2. The van der Waals surface area contributed by atoms with Crippen LogP contribution >= 0.6 is 0 Å². The Hall–Kier alpha value is -4.14. The van der Waals surface area contributed by atoms with Gasteiger partial charge < -0.3 is 30.2 Å². The molecule has 0 amide bonds. The maximum absolute atomic E-state index is 12.0. The zero-order valence-corrected chi connectivity index (χ0v) is 45.6. The van der Waals surface area contributed by atoms with E-state index in [9.17, 15) is 27.4 Å². The number of rotatable bonds is 11. The molecule has 2 aromatic heterocycles.